The number of rotatable bonds is 5. The molecule has 0 unspecified atom stereocenters. The Balaban J connectivity index is 2.04. The third kappa shape index (κ3) is 4.68. The maximum Gasteiger partial charge on any atom is 0.264 e. The van der Waals surface area contributed by atoms with Crippen molar-refractivity contribution in [2.75, 3.05) is 12.5 Å². The Labute approximate surface area is 125 Å². The van der Waals surface area contributed by atoms with Gasteiger partial charge in [0, 0.05) is 4.90 Å². The quantitative estimate of drug-likeness (QED) is 0.617. The van der Waals surface area contributed by atoms with Crippen molar-refractivity contribution < 1.29 is 17.3 Å². The topological polar surface area (TPSA) is 52.6 Å². The molecule has 0 radical (unpaired) electrons. The number of thioether (sulfide) groups is 1. The Morgan fingerprint density at radius 2 is 1.70 bits per heavy atom. The molecular weight excluding hydrogens is 296 g/mol. The Morgan fingerprint density at radius 1 is 1.10 bits per heavy atom. The summed E-state index contributed by atoms with van der Waals surface area (Å²) in [4.78, 5) is 1.17. The summed E-state index contributed by atoms with van der Waals surface area (Å²) in [5.74, 6) is 0.761. The molecule has 0 aromatic heterocycles. The van der Waals surface area contributed by atoms with Gasteiger partial charge in [0.05, 0.1) is 6.26 Å². The molecule has 4 nitrogen and oxygen atoms in total. The number of hydrogen-bond donors (Lipinski definition) is 0. The van der Waals surface area contributed by atoms with Crippen molar-refractivity contribution in [2.45, 2.75) is 42.8 Å². The van der Waals surface area contributed by atoms with Crippen LogP contribution >= 0.6 is 11.8 Å². The van der Waals surface area contributed by atoms with E-state index in [1.807, 2.05) is 30.5 Å². The fourth-order valence-electron chi connectivity index (χ4n) is 2.36. The summed E-state index contributed by atoms with van der Waals surface area (Å²) >= 11 is 1.67. The van der Waals surface area contributed by atoms with Gasteiger partial charge in [-0.1, -0.05) is 6.42 Å². The largest absolute Gasteiger partial charge is 0.488 e. The van der Waals surface area contributed by atoms with Crippen LogP contribution in [-0.2, 0) is 14.3 Å². The second kappa shape index (κ2) is 6.83. The van der Waals surface area contributed by atoms with Crippen LogP contribution < -0.4 is 4.74 Å². The van der Waals surface area contributed by atoms with Crippen LogP contribution in [0, 0.1) is 0 Å². The molecule has 6 heteroatoms. The number of hydrogen-bond acceptors (Lipinski definition) is 5. The average Bonchev–Trinajstić information content (AvgIpc) is 2.40. The van der Waals surface area contributed by atoms with Crippen LogP contribution in [0.5, 0.6) is 5.75 Å². The van der Waals surface area contributed by atoms with Gasteiger partial charge in [0.2, 0.25) is 0 Å². The van der Waals surface area contributed by atoms with Gasteiger partial charge in [-0.05, 0) is 49.8 Å². The normalized spacial score (nSPS) is 23.5. The van der Waals surface area contributed by atoms with Crippen molar-refractivity contribution >= 4 is 21.9 Å². The Morgan fingerprint density at radius 3 is 2.25 bits per heavy atom. The summed E-state index contributed by atoms with van der Waals surface area (Å²) in [5, 5.41) is 0. The predicted octanol–water partition coefficient (Wildman–Crippen LogP) is 3.07. The van der Waals surface area contributed by atoms with Gasteiger partial charge >= 0.3 is 0 Å². The van der Waals surface area contributed by atoms with Gasteiger partial charge in [-0.3, -0.25) is 4.18 Å². The summed E-state index contributed by atoms with van der Waals surface area (Å²) in [6.45, 7) is 0. The molecular formula is C14H20O4S2. The molecule has 0 bridgehead atoms. The van der Waals surface area contributed by atoms with E-state index >= 15 is 0 Å². The first-order valence-corrected chi connectivity index (χ1v) is 9.71. The Hall–Kier alpha value is -0.720. The van der Waals surface area contributed by atoms with E-state index in [2.05, 4.69) is 0 Å². The lowest BCUT2D eigenvalue weighted by Gasteiger charge is -2.30. The molecule has 1 fully saturated rings. The second-order valence-corrected chi connectivity index (χ2v) is 7.44. The van der Waals surface area contributed by atoms with Gasteiger partial charge < -0.3 is 4.74 Å². The van der Waals surface area contributed by atoms with Gasteiger partial charge in [-0.2, -0.15) is 8.42 Å². The van der Waals surface area contributed by atoms with E-state index < -0.39 is 10.1 Å². The van der Waals surface area contributed by atoms with E-state index in [9.17, 15) is 8.42 Å². The minimum atomic E-state index is -3.44. The number of benzene rings is 1. The van der Waals surface area contributed by atoms with Crippen LogP contribution in [-0.4, -0.2) is 33.1 Å². The van der Waals surface area contributed by atoms with Gasteiger partial charge in [0.25, 0.3) is 10.1 Å². The zero-order valence-electron chi connectivity index (χ0n) is 11.7. The maximum absolute atomic E-state index is 11.3. The van der Waals surface area contributed by atoms with Crippen molar-refractivity contribution in [3.8, 4) is 5.75 Å². The highest BCUT2D eigenvalue weighted by Gasteiger charge is 2.30. The molecule has 0 heterocycles. The Bertz CT molecular complexity index is 525. The van der Waals surface area contributed by atoms with Crippen LogP contribution in [0.4, 0.5) is 0 Å². The monoisotopic (exact) mass is 316 g/mol. The lowest BCUT2D eigenvalue weighted by atomic mass is 9.95. The molecule has 1 aliphatic rings. The minimum absolute atomic E-state index is 0.196. The van der Waals surface area contributed by atoms with Crippen LogP contribution in [0.2, 0.25) is 0 Å². The third-order valence-electron chi connectivity index (χ3n) is 3.29. The maximum atomic E-state index is 11.3. The molecule has 1 aromatic carbocycles. The van der Waals surface area contributed by atoms with Gasteiger partial charge in [0.15, 0.2) is 0 Å². The molecule has 0 N–H and O–H groups in total. The van der Waals surface area contributed by atoms with Crippen molar-refractivity contribution in [1.82, 2.24) is 0 Å². The minimum Gasteiger partial charge on any atom is -0.488 e. The zero-order chi connectivity index (χ0) is 14.6. The molecule has 1 saturated carbocycles. The van der Waals surface area contributed by atoms with E-state index in [0.29, 0.717) is 0 Å². The van der Waals surface area contributed by atoms with E-state index in [0.717, 1.165) is 37.7 Å². The first-order valence-electron chi connectivity index (χ1n) is 6.67. The highest BCUT2D eigenvalue weighted by molar-refractivity contribution is 7.98. The van der Waals surface area contributed by atoms with Gasteiger partial charge in [0.1, 0.15) is 18.0 Å². The van der Waals surface area contributed by atoms with Gasteiger partial charge in [-0.15, -0.1) is 11.8 Å². The van der Waals surface area contributed by atoms with E-state index in [1.54, 1.807) is 11.8 Å². The summed E-state index contributed by atoms with van der Waals surface area (Å²) in [6.07, 6.45) is 6.10. The smallest absolute Gasteiger partial charge is 0.264 e. The van der Waals surface area contributed by atoms with Crippen LogP contribution in [0.15, 0.2) is 29.2 Å². The van der Waals surface area contributed by atoms with E-state index in [-0.39, 0.29) is 12.2 Å². The fraction of sp³-hybridized carbons (Fsp3) is 0.571. The molecule has 0 saturated heterocycles. The van der Waals surface area contributed by atoms with Crippen LogP contribution in [0.25, 0.3) is 0 Å². The van der Waals surface area contributed by atoms with Crippen molar-refractivity contribution in [3.05, 3.63) is 24.3 Å². The first kappa shape index (κ1) is 15.7. The Kier molecular flexibility index (Phi) is 5.35. The highest BCUT2D eigenvalue weighted by atomic mass is 32.2. The average molecular weight is 316 g/mol. The van der Waals surface area contributed by atoms with Crippen LogP contribution in [0.1, 0.15) is 25.7 Å². The molecule has 0 aliphatic heterocycles. The SMILES string of the molecule is CSc1ccc(O[C@@H]2CCCC[C@@H]2OS(C)(=O)=O)cc1. The lowest BCUT2D eigenvalue weighted by molar-refractivity contribution is 0.0277. The van der Waals surface area contributed by atoms with E-state index in [4.69, 9.17) is 8.92 Å². The predicted molar refractivity (Wildman–Crippen MR) is 80.8 cm³/mol. The second-order valence-electron chi connectivity index (χ2n) is 4.96. The van der Waals surface area contributed by atoms with Crippen LogP contribution in [0.3, 0.4) is 0 Å². The van der Waals surface area contributed by atoms with Crippen molar-refractivity contribution in [1.29, 1.82) is 0 Å². The van der Waals surface area contributed by atoms with Crippen molar-refractivity contribution in [2.24, 2.45) is 0 Å². The molecule has 2 rings (SSSR count). The molecule has 1 aliphatic carbocycles. The molecule has 0 amide bonds. The molecule has 0 spiro atoms. The first-order chi connectivity index (χ1) is 9.48. The summed E-state index contributed by atoms with van der Waals surface area (Å²) in [6, 6.07) is 7.82. The van der Waals surface area contributed by atoms with Crippen molar-refractivity contribution in [3.63, 3.8) is 0 Å². The van der Waals surface area contributed by atoms with Gasteiger partial charge in [-0.25, -0.2) is 0 Å². The molecule has 1 aromatic rings. The third-order valence-corrected chi connectivity index (χ3v) is 4.63. The van der Waals surface area contributed by atoms with E-state index in [1.165, 1.54) is 4.90 Å². The molecule has 112 valence electrons. The fourth-order valence-corrected chi connectivity index (χ4v) is 3.44. The standard InChI is InChI=1S/C14H20O4S2/c1-19-12-9-7-11(8-10-12)17-13-5-3-4-6-14(13)18-20(2,15)16/h7-10,13-14H,3-6H2,1-2H3/t13-,14+/m1/s1. The summed E-state index contributed by atoms with van der Waals surface area (Å²) in [7, 11) is -3.44. The highest BCUT2D eigenvalue weighted by Crippen LogP contribution is 2.28. The lowest BCUT2D eigenvalue weighted by Crippen LogP contribution is -2.38. The summed E-state index contributed by atoms with van der Waals surface area (Å²) < 4.78 is 33.7. The molecule has 2 atom stereocenters. The zero-order valence-corrected chi connectivity index (χ0v) is 13.4. The summed E-state index contributed by atoms with van der Waals surface area (Å²) in [5.41, 5.74) is 0. The number of ether oxygens (including phenoxy) is 1. The molecule has 20 heavy (non-hydrogen) atoms.